The number of likely N-dealkylation sites (tertiary alicyclic amines) is 1. The highest BCUT2D eigenvalue weighted by Gasteiger charge is 2.43. The molecule has 8 atom stereocenters. The molecule has 1 saturated heterocycles. The molecule has 2 N–H and O–H groups in total. The number of nitrogens with zero attached hydrogens (tertiary/aromatic N) is 2. The molecule has 0 bridgehead atoms. The quantitative estimate of drug-likeness (QED) is 0.146. The van der Waals surface area contributed by atoms with Gasteiger partial charge in [0.2, 0.25) is 11.8 Å². The maximum Gasteiger partial charge on any atom is 0.309 e. The number of esters is 1. The Balaban J connectivity index is 1.79. The maximum absolute atomic E-state index is 14.3. The lowest BCUT2D eigenvalue weighted by Crippen LogP contribution is -2.54. The number of aromatic amines is 1. The van der Waals surface area contributed by atoms with E-state index >= 15 is 0 Å². The Kier molecular flexibility index (Phi) is 17.1. The molecule has 0 saturated carbocycles. The SMILES string of the molecule is CC[C@H](C)[C@@H]([C@@H](CC(=O)N1CCC[C@H]1[C@H](OC)[C@@H](C)C(=O)C[C@@H](Cc1c[nH]c2ccccc12)C(=O)OC)OC)N(C)C(=O)[C@@H](CC(=O)C(C)(C)NC)C(C)C. The van der Waals surface area contributed by atoms with E-state index in [1.54, 1.807) is 38.1 Å². The number of nitrogens with one attached hydrogen (secondary N) is 2. The summed E-state index contributed by atoms with van der Waals surface area (Å²) in [4.78, 5) is 75.3. The first kappa shape index (κ1) is 45.8. The molecule has 2 heterocycles. The number of hydrogen-bond acceptors (Lipinski definition) is 9. The fourth-order valence-electron chi connectivity index (χ4n) is 8.20. The standard InChI is InChI=1S/C43H68N4O8/c1-13-27(4)39(46(9)41(51)32(26(2)3)23-37(49)43(6,7)44-8)36(53-10)24-38(50)47-20-16-19-34(47)40(54-11)28(5)35(48)22-29(42(52)55-12)21-30-25-45-33-18-15-14-17-31(30)33/h14-15,17-18,25-29,32,34,36,39-40,44-45H,13,16,19-24H2,1-12H3/t27-,28-,29+,32-,34-,36+,39-,40+/m0/s1. The molecule has 0 radical (unpaired) electrons. The third-order valence-corrected chi connectivity index (χ3v) is 12.3. The Bertz CT molecular complexity index is 1600. The molecular formula is C43H68N4O8. The molecule has 2 aromatic rings. The van der Waals surface area contributed by atoms with Crippen molar-refractivity contribution in [3.05, 3.63) is 36.0 Å². The van der Waals surface area contributed by atoms with Gasteiger partial charge >= 0.3 is 5.97 Å². The largest absolute Gasteiger partial charge is 0.469 e. The Morgan fingerprint density at radius 2 is 1.67 bits per heavy atom. The zero-order chi connectivity index (χ0) is 41.2. The van der Waals surface area contributed by atoms with Crippen molar-refractivity contribution in [1.82, 2.24) is 20.1 Å². The van der Waals surface area contributed by atoms with Crippen LogP contribution >= 0.6 is 0 Å². The molecule has 1 fully saturated rings. The zero-order valence-electron chi connectivity index (χ0n) is 35.4. The number of carbonyl (C=O) groups excluding carboxylic acids is 5. The number of rotatable bonds is 22. The smallest absolute Gasteiger partial charge is 0.309 e. The van der Waals surface area contributed by atoms with Crippen LogP contribution in [0.15, 0.2) is 30.5 Å². The predicted molar refractivity (Wildman–Crippen MR) is 214 cm³/mol. The number of aromatic nitrogens is 1. The number of H-pyrrole nitrogens is 1. The van der Waals surface area contributed by atoms with Gasteiger partial charge in [0.05, 0.1) is 49.3 Å². The summed E-state index contributed by atoms with van der Waals surface area (Å²) in [6.07, 6.45) is 3.29. The molecule has 0 spiro atoms. The number of benzene rings is 1. The van der Waals surface area contributed by atoms with E-state index in [0.717, 1.165) is 29.3 Å². The number of ether oxygens (including phenoxy) is 3. The van der Waals surface area contributed by atoms with Gasteiger partial charge in [0.25, 0.3) is 0 Å². The molecule has 12 nitrogen and oxygen atoms in total. The molecule has 2 amide bonds. The van der Waals surface area contributed by atoms with Crippen LogP contribution in [-0.2, 0) is 44.6 Å². The second kappa shape index (κ2) is 20.5. The Labute approximate surface area is 328 Å². The third-order valence-electron chi connectivity index (χ3n) is 12.3. The summed E-state index contributed by atoms with van der Waals surface area (Å²) >= 11 is 0. The maximum atomic E-state index is 14.3. The minimum absolute atomic E-state index is 0.00489. The topological polar surface area (TPSA) is 147 Å². The molecule has 1 aromatic carbocycles. The van der Waals surface area contributed by atoms with Crippen LogP contribution in [0.4, 0.5) is 0 Å². The number of likely N-dealkylation sites (N-methyl/N-ethyl adjacent to an activating group) is 2. The normalized spacial score (nSPS) is 18.7. The summed E-state index contributed by atoms with van der Waals surface area (Å²) in [5.41, 5.74) is 1.12. The van der Waals surface area contributed by atoms with E-state index in [9.17, 15) is 24.0 Å². The van der Waals surface area contributed by atoms with Crippen molar-refractivity contribution < 1.29 is 38.2 Å². The first-order chi connectivity index (χ1) is 26.0. The first-order valence-corrected chi connectivity index (χ1v) is 20.0. The van der Waals surface area contributed by atoms with Gasteiger partial charge in [0.1, 0.15) is 5.78 Å². The van der Waals surface area contributed by atoms with Gasteiger partial charge in [0, 0.05) is 69.6 Å². The average Bonchev–Trinajstić information content (AvgIpc) is 3.83. The summed E-state index contributed by atoms with van der Waals surface area (Å²) in [7, 11) is 7.96. The number of methoxy groups -OCH3 is 3. The van der Waals surface area contributed by atoms with Crippen molar-refractivity contribution in [3.8, 4) is 0 Å². The Morgan fingerprint density at radius 3 is 2.25 bits per heavy atom. The lowest BCUT2D eigenvalue weighted by Gasteiger charge is -2.41. The molecule has 308 valence electrons. The Hall–Kier alpha value is -3.61. The fourth-order valence-corrected chi connectivity index (χ4v) is 8.20. The molecule has 55 heavy (non-hydrogen) atoms. The van der Waals surface area contributed by atoms with Gasteiger partial charge in [-0.3, -0.25) is 24.0 Å². The van der Waals surface area contributed by atoms with E-state index in [2.05, 4.69) is 17.2 Å². The number of amides is 2. The molecular weight excluding hydrogens is 700 g/mol. The third kappa shape index (κ3) is 11.0. The highest BCUT2D eigenvalue weighted by Crippen LogP contribution is 2.32. The second-order valence-electron chi connectivity index (χ2n) is 16.4. The number of fused-ring (bicyclic) bond motifs is 1. The van der Waals surface area contributed by atoms with Gasteiger partial charge in [0.15, 0.2) is 5.78 Å². The molecule has 12 heteroatoms. The van der Waals surface area contributed by atoms with Crippen molar-refractivity contribution >= 4 is 40.3 Å². The van der Waals surface area contributed by atoms with E-state index in [0.29, 0.717) is 19.4 Å². The number of carbonyl (C=O) groups is 5. The zero-order valence-corrected chi connectivity index (χ0v) is 35.4. The van der Waals surface area contributed by atoms with Crippen LogP contribution in [-0.4, -0.2) is 116 Å². The highest BCUT2D eigenvalue weighted by molar-refractivity contribution is 5.92. The van der Waals surface area contributed by atoms with Gasteiger partial charge in [-0.25, -0.2) is 0 Å². The van der Waals surface area contributed by atoms with E-state index < -0.39 is 47.5 Å². The second-order valence-corrected chi connectivity index (χ2v) is 16.4. The molecule has 1 aromatic heterocycles. The lowest BCUT2D eigenvalue weighted by atomic mass is 9.83. The molecule has 3 rings (SSSR count). The predicted octanol–water partition coefficient (Wildman–Crippen LogP) is 5.61. The average molecular weight is 769 g/mol. The van der Waals surface area contributed by atoms with E-state index in [-0.39, 0.29) is 60.5 Å². The molecule has 0 unspecified atom stereocenters. The minimum Gasteiger partial charge on any atom is -0.469 e. The van der Waals surface area contributed by atoms with Crippen LogP contribution in [0.3, 0.4) is 0 Å². The van der Waals surface area contributed by atoms with Crippen molar-refractivity contribution in [1.29, 1.82) is 0 Å². The summed E-state index contributed by atoms with van der Waals surface area (Å²) in [5.74, 6) is -2.80. The summed E-state index contributed by atoms with van der Waals surface area (Å²) in [5, 5.41) is 4.05. The first-order valence-electron chi connectivity index (χ1n) is 20.0. The van der Waals surface area contributed by atoms with Gasteiger partial charge in [-0.15, -0.1) is 0 Å². The van der Waals surface area contributed by atoms with Crippen LogP contribution in [0.5, 0.6) is 0 Å². The van der Waals surface area contributed by atoms with Gasteiger partial charge in [-0.1, -0.05) is 59.2 Å². The fraction of sp³-hybridized carbons (Fsp3) is 0.698. The Morgan fingerprint density at radius 1 is 1.00 bits per heavy atom. The summed E-state index contributed by atoms with van der Waals surface area (Å²) in [6.45, 7) is 14.0. The van der Waals surface area contributed by atoms with Crippen LogP contribution < -0.4 is 5.32 Å². The number of para-hydroxylation sites is 1. The van der Waals surface area contributed by atoms with Crippen molar-refractivity contribution in [3.63, 3.8) is 0 Å². The molecule has 1 aliphatic heterocycles. The van der Waals surface area contributed by atoms with Crippen LogP contribution in [0, 0.1) is 29.6 Å². The summed E-state index contributed by atoms with van der Waals surface area (Å²) in [6, 6.07) is 7.05. The van der Waals surface area contributed by atoms with E-state index in [1.807, 2.05) is 72.0 Å². The molecule has 1 aliphatic rings. The summed E-state index contributed by atoms with van der Waals surface area (Å²) < 4.78 is 17.2. The van der Waals surface area contributed by atoms with Crippen molar-refractivity contribution in [2.45, 2.75) is 123 Å². The number of Topliss-reactive ketones (excluding diaryl/α,β-unsaturated/α-hetero) is 2. The molecule has 0 aliphatic carbocycles. The number of hydrogen-bond donors (Lipinski definition) is 2. The van der Waals surface area contributed by atoms with E-state index in [4.69, 9.17) is 14.2 Å². The highest BCUT2D eigenvalue weighted by atomic mass is 16.5. The van der Waals surface area contributed by atoms with Crippen molar-refractivity contribution in [2.24, 2.45) is 29.6 Å². The van der Waals surface area contributed by atoms with Gasteiger partial charge in [-0.2, -0.15) is 0 Å². The van der Waals surface area contributed by atoms with Crippen LogP contribution in [0.2, 0.25) is 0 Å². The van der Waals surface area contributed by atoms with Crippen molar-refractivity contribution in [2.75, 3.05) is 42.0 Å². The monoisotopic (exact) mass is 769 g/mol. The van der Waals surface area contributed by atoms with Crippen LogP contribution in [0.1, 0.15) is 92.6 Å². The van der Waals surface area contributed by atoms with Gasteiger partial charge < -0.3 is 34.3 Å². The minimum atomic E-state index is -0.765. The number of ketones is 2. The van der Waals surface area contributed by atoms with Crippen LogP contribution in [0.25, 0.3) is 10.9 Å². The lowest BCUT2D eigenvalue weighted by molar-refractivity contribution is -0.150. The van der Waals surface area contributed by atoms with E-state index in [1.165, 1.54) is 7.11 Å². The van der Waals surface area contributed by atoms with Gasteiger partial charge in [-0.05, 0) is 63.6 Å².